The third-order valence-electron chi connectivity index (χ3n) is 1.95. The van der Waals surface area contributed by atoms with Gasteiger partial charge in [-0.15, -0.1) is 0 Å². The molecule has 0 heterocycles. The average molecular weight is 251 g/mol. The van der Waals surface area contributed by atoms with E-state index in [0.29, 0.717) is 11.4 Å². The highest BCUT2D eigenvalue weighted by atomic mass is 16.5. The zero-order valence-corrected chi connectivity index (χ0v) is 9.80. The molecule has 0 spiro atoms. The van der Waals surface area contributed by atoms with Crippen LogP contribution in [0.3, 0.4) is 0 Å². The van der Waals surface area contributed by atoms with Crippen molar-refractivity contribution < 1.29 is 24.2 Å². The van der Waals surface area contributed by atoms with E-state index in [2.05, 4.69) is 5.32 Å². The van der Waals surface area contributed by atoms with Crippen molar-refractivity contribution in [2.45, 2.75) is 19.8 Å². The zero-order chi connectivity index (χ0) is 13.5. The van der Waals surface area contributed by atoms with Gasteiger partial charge in [0.2, 0.25) is 5.91 Å². The van der Waals surface area contributed by atoms with Crippen LogP contribution < -0.4 is 10.1 Å². The van der Waals surface area contributed by atoms with E-state index in [4.69, 9.17) is 9.84 Å². The van der Waals surface area contributed by atoms with E-state index >= 15 is 0 Å². The first-order valence-electron chi connectivity index (χ1n) is 5.27. The van der Waals surface area contributed by atoms with Gasteiger partial charge < -0.3 is 15.2 Å². The fourth-order valence-corrected chi connectivity index (χ4v) is 1.20. The van der Waals surface area contributed by atoms with E-state index in [-0.39, 0.29) is 18.7 Å². The van der Waals surface area contributed by atoms with Crippen LogP contribution >= 0.6 is 0 Å². The van der Waals surface area contributed by atoms with Gasteiger partial charge in [-0.05, 0) is 24.3 Å². The molecule has 6 nitrogen and oxygen atoms in total. The van der Waals surface area contributed by atoms with Crippen LogP contribution in [0.4, 0.5) is 5.69 Å². The van der Waals surface area contributed by atoms with Crippen molar-refractivity contribution in [2.75, 3.05) is 5.32 Å². The van der Waals surface area contributed by atoms with Gasteiger partial charge in [0.1, 0.15) is 5.75 Å². The number of aliphatic carboxylic acids is 1. The first kappa shape index (κ1) is 13.7. The quantitative estimate of drug-likeness (QED) is 0.609. The van der Waals surface area contributed by atoms with Gasteiger partial charge in [-0.2, -0.15) is 0 Å². The second-order valence-corrected chi connectivity index (χ2v) is 3.57. The lowest BCUT2D eigenvalue weighted by molar-refractivity contribution is -0.142. The van der Waals surface area contributed by atoms with Crippen LogP contribution in [0.1, 0.15) is 19.8 Å². The fraction of sp³-hybridized carbons (Fsp3) is 0.250. The van der Waals surface area contributed by atoms with Crippen LogP contribution in [0, 0.1) is 0 Å². The molecule has 0 aromatic heterocycles. The Balaban J connectivity index is 2.50. The molecule has 0 atom stereocenters. The third kappa shape index (κ3) is 5.11. The molecule has 2 N–H and O–H groups in total. The molecule has 0 unspecified atom stereocenters. The second kappa shape index (κ2) is 6.39. The van der Waals surface area contributed by atoms with Crippen LogP contribution in [0.5, 0.6) is 5.75 Å². The Bertz CT molecular complexity index is 452. The number of carbonyl (C=O) groups excluding carboxylic acids is 2. The standard InChI is InChI=1S/C12H13NO5/c1-8(14)13-9-2-4-10(5-3-9)18-12(17)7-6-11(15)16/h2-5H,6-7H2,1H3,(H,13,14)(H,15,16). The molecule has 0 aliphatic heterocycles. The number of amides is 1. The van der Waals surface area contributed by atoms with Crippen molar-refractivity contribution in [3.8, 4) is 5.75 Å². The lowest BCUT2D eigenvalue weighted by Crippen LogP contribution is -2.10. The van der Waals surface area contributed by atoms with Gasteiger partial charge in [-0.1, -0.05) is 0 Å². The lowest BCUT2D eigenvalue weighted by Gasteiger charge is -2.05. The van der Waals surface area contributed by atoms with Crippen molar-refractivity contribution >= 4 is 23.5 Å². The number of hydrogen-bond acceptors (Lipinski definition) is 4. The van der Waals surface area contributed by atoms with Crippen LogP contribution in [0.25, 0.3) is 0 Å². The first-order valence-corrected chi connectivity index (χ1v) is 5.27. The molecular weight excluding hydrogens is 238 g/mol. The molecule has 1 rings (SSSR count). The van der Waals surface area contributed by atoms with Gasteiger partial charge >= 0.3 is 11.9 Å². The number of carbonyl (C=O) groups is 3. The molecule has 96 valence electrons. The Morgan fingerprint density at radius 3 is 2.28 bits per heavy atom. The molecule has 1 aromatic carbocycles. The molecule has 0 bridgehead atoms. The van der Waals surface area contributed by atoms with Crippen molar-refractivity contribution in [2.24, 2.45) is 0 Å². The SMILES string of the molecule is CC(=O)Nc1ccc(OC(=O)CCC(=O)O)cc1. The molecule has 0 saturated carbocycles. The van der Waals surface area contributed by atoms with Gasteiger partial charge in [0.15, 0.2) is 0 Å². The van der Waals surface area contributed by atoms with Crippen LogP contribution in [-0.2, 0) is 14.4 Å². The molecule has 0 fully saturated rings. The van der Waals surface area contributed by atoms with Crippen LogP contribution in [-0.4, -0.2) is 23.0 Å². The van der Waals surface area contributed by atoms with Crippen LogP contribution in [0.15, 0.2) is 24.3 Å². The maximum atomic E-state index is 11.2. The summed E-state index contributed by atoms with van der Waals surface area (Å²) in [6.45, 7) is 1.39. The van der Waals surface area contributed by atoms with E-state index in [0.717, 1.165) is 0 Å². The molecule has 1 amide bonds. The molecule has 0 aliphatic carbocycles. The van der Waals surface area contributed by atoms with E-state index in [1.807, 2.05) is 0 Å². The van der Waals surface area contributed by atoms with Crippen molar-refractivity contribution in [1.82, 2.24) is 0 Å². The topological polar surface area (TPSA) is 92.7 Å². The Kier molecular flexibility index (Phi) is 4.86. The molecule has 6 heteroatoms. The summed E-state index contributed by atoms with van der Waals surface area (Å²) in [6, 6.07) is 6.20. The number of nitrogens with one attached hydrogen (secondary N) is 1. The maximum Gasteiger partial charge on any atom is 0.311 e. The van der Waals surface area contributed by atoms with E-state index in [1.165, 1.54) is 19.1 Å². The highest BCUT2D eigenvalue weighted by Crippen LogP contribution is 2.16. The Morgan fingerprint density at radius 2 is 1.78 bits per heavy atom. The summed E-state index contributed by atoms with van der Waals surface area (Å²) in [6.07, 6.45) is -0.439. The molecule has 1 aromatic rings. The van der Waals surface area contributed by atoms with Gasteiger partial charge in [0, 0.05) is 12.6 Å². The lowest BCUT2D eigenvalue weighted by atomic mass is 10.3. The Hall–Kier alpha value is -2.37. The van der Waals surface area contributed by atoms with E-state index in [9.17, 15) is 14.4 Å². The number of carboxylic acid groups (broad SMARTS) is 1. The number of anilines is 1. The number of benzene rings is 1. The summed E-state index contributed by atoms with van der Waals surface area (Å²) in [5, 5.41) is 11.0. The smallest absolute Gasteiger partial charge is 0.311 e. The first-order chi connectivity index (χ1) is 8.47. The summed E-state index contributed by atoms with van der Waals surface area (Å²) in [7, 11) is 0. The number of rotatable bonds is 5. The number of hydrogen-bond donors (Lipinski definition) is 2. The second-order valence-electron chi connectivity index (χ2n) is 3.57. The molecule has 0 saturated heterocycles. The molecular formula is C12H13NO5. The van der Waals surface area contributed by atoms with Crippen molar-refractivity contribution in [3.05, 3.63) is 24.3 Å². The largest absolute Gasteiger partial charge is 0.481 e. The zero-order valence-electron chi connectivity index (χ0n) is 9.80. The normalized spacial score (nSPS) is 9.61. The summed E-state index contributed by atoms with van der Waals surface area (Å²) in [4.78, 5) is 32.3. The Labute approximate surface area is 104 Å². The monoisotopic (exact) mass is 251 g/mol. The fourth-order valence-electron chi connectivity index (χ4n) is 1.20. The number of esters is 1. The summed E-state index contributed by atoms with van der Waals surface area (Å²) >= 11 is 0. The molecule has 0 aliphatic rings. The Morgan fingerprint density at radius 1 is 1.17 bits per heavy atom. The predicted molar refractivity (Wildman–Crippen MR) is 63.3 cm³/mol. The number of carboxylic acids is 1. The minimum Gasteiger partial charge on any atom is -0.481 e. The van der Waals surface area contributed by atoms with E-state index < -0.39 is 11.9 Å². The average Bonchev–Trinajstić information content (AvgIpc) is 2.28. The summed E-state index contributed by atoms with van der Waals surface area (Å²) in [5.41, 5.74) is 0.591. The summed E-state index contributed by atoms with van der Waals surface area (Å²) < 4.78 is 4.91. The van der Waals surface area contributed by atoms with Gasteiger partial charge in [0.05, 0.1) is 12.8 Å². The van der Waals surface area contributed by atoms with Crippen molar-refractivity contribution in [1.29, 1.82) is 0 Å². The summed E-state index contributed by atoms with van der Waals surface area (Å²) in [5.74, 6) is -1.54. The number of ether oxygens (including phenoxy) is 1. The van der Waals surface area contributed by atoms with Crippen molar-refractivity contribution in [3.63, 3.8) is 0 Å². The van der Waals surface area contributed by atoms with Gasteiger partial charge in [-0.25, -0.2) is 0 Å². The third-order valence-corrected chi connectivity index (χ3v) is 1.95. The minimum atomic E-state index is -1.05. The maximum absolute atomic E-state index is 11.2. The predicted octanol–water partition coefficient (Wildman–Crippen LogP) is 1.42. The van der Waals surface area contributed by atoms with Crippen LogP contribution in [0.2, 0.25) is 0 Å². The highest BCUT2D eigenvalue weighted by Gasteiger charge is 2.07. The van der Waals surface area contributed by atoms with Gasteiger partial charge in [-0.3, -0.25) is 14.4 Å². The highest BCUT2D eigenvalue weighted by molar-refractivity contribution is 5.88. The van der Waals surface area contributed by atoms with E-state index in [1.54, 1.807) is 12.1 Å². The molecule has 0 radical (unpaired) electrons. The minimum absolute atomic E-state index is 0.178. The van der Waals surface area contributed by atoms with Gasteiger partial charge in [0.25, 0.3) is 0 Å². The molecule has 18 heavy (non-hydrogen) atoms.